The maximum Gasteiger partial charge on any atom is 0.161 e. The van der Waals surface area contributed by atoms with Crippen molar-refractivity contribution >= 4 is 0 Å². The summed E-state index contributed by atoms with van der Waals surface area (Å²) in [7, 11) is 0. The summed E-state index contributed by atoms with van der Waals surface area (Å²) < 4.78 is 11.2. The smallest absolute Gasteiger partial charge is 0.161 e. The number of fused-ring (bicyclic) bond motifs is 1. The lowest BCUT2D eigenvalue weighted by Crippen LogP contribution is -2.02. The molecule has 1 aliphatic heterocycles. The highest BCUT2D eigenvalue weighted by Crippen LogP contribution is 2.33. The van der Waals surface area contributed by atoms with Crippen LogP contribution in [0.25, 0.3) is 0 Å². The Hall–Kier alpha value is -1.22. The van der Waals surface area contributed by atoms with Gasteiger partial charge in [-0.2, -0.15) is 0 Å². The molecule has 0 radical (unpaired) electrons. The van der Waals surface area contributed by atoms with E-state index in [4.69, 9.17) is 9.47 Å². The van der Waals surface area contributed by atoms with Gasteiger partial charge in [-0.05, 0) is 30.0 Å². The first-order valence-corrected chi connectivity index (χ1v) is 6.24. The van der Waals surface area contributed by atoms with E-state index in [0.29, 0.717) is 19.1 Å². The molecule has 3 nitrogen and oxygen atoms in total. The van der Waals surface area contributed by atoms with Crippen LogP contribution in [0.2, 0.25) is 0 Å². The van der Waals surface area contributed by atoms with Crippen LogP contribution in [0.3, 0.4) is 0 Å². The molecule has 3 heteroatoms. The van der Waals surface area contributed by atoms with Crippen LogP contribution in [-0.4, -0.2) is 18.3 Å². The molecule has 1 atom stereocenters. The van der Waals surface area contributed by atoms with Crippen molar-refractivity contribution in [1.29, 1.82) is 0 Å². The summed E-state index contributed by atoms with van der Waals surface area (Å²) in [5.74, 6) is 2.01. The molecule has 0 saturated heterocycles. The average Bonchev–Trinajstić information content (AvgIpc) is 2.51. The lowest BCUT2D eigenvalue weighted by Gasteiger charge is -2.15. The fraction of sp³-hybridized carbons (Fsp3) is 0.571. The van der Waals surface area contributed by atoms with E-state index in [0.717, 1.165) is 29.9 Å². The second-order valence-electron chi connectivity index (χ2n) is 4.90. The number of hydrogen-bond donors (Lipinski definition) is 1. The number of aliphatic hydroxyl groups is 1. The molecule has 0 aromatic heterocycles. The molecule has 0 saturated carbocycles. The third kappa shape index (κ3) is 3.13. The highest BCUT2D eigenvalue weighted by molar-refractivity contribution is 5.44. The predicted molar refractivity (Wildman–Crippen MR) is 66.5 cm³/mol. The molecule has 94 valence electrons. The van der Waals surface area contributed by atoms with E-state index in [1.54, 1.807) is 0 Å². The Bertz CT molecular complexity index is 374. The van der Waals surface area contributed by atoms with Crippen molar-refractivity contribution in [2.45, 2.75) is 32.8 Å². The van der Waals surface area contributed by atoms with Gasteiger partial charge in [-0.1, -0.05) is 19.9 Å². The minimum absolute atomic E-state index is 0.424. The van der Waals surface area contributed by atoms with E-state index < -0.39 is 6.10 Å². The maximum absolute atomic E-state index is 10.1. The van der Waals surface area contributed by atoms with Gasteiger partial charge >= 0.3 is 0 Å². The minimum Gasteiger partial charge on any atom is -0.490 e. The van der Waals surface area contributed by atoms with Crippen LogP contribution in [0.1, 0.15) is 38.4 Å². The van der Waals surface area contributed by atoms with Gasteiger partial charge < -0.3 is 14.6 Å². The fourth-order valence-electron chi connectivity index (χ4n) is 1.97. The van der Waals surface area contributed by atoms with Crippen molar-refractivity contribution in [2.75, 3.05) is 13.2 Å². The Morgan fingerprint density at radius 2 is 1.88 bits per heavy atom. The van der Waals surface area contributed by atoms with E-state index in [9.17, 15) is 5.11 Å². The summed E-state index contributed by atoms with van der Waals surface area (Å²) >= 11 is 0. The van der Waals surface area contributed by atoms with Crippen LogP contribution < -0.4 is 9.47 Å². The molecular weight excluding hydrogens is 216 g/mol. The zero-order chi connectivity index (χ0) is 12.3. The van der Waals surface area contributed by atoms with Crippen molar-refractivity contribution in [3.8, 4) is 11.5 Å². The second-order valence-corrected chi connectivity index (χ2v) is 4.90. The molecule has 1 unspecified atom stereocenters. The van der Waals surface area contributed by atoms with Crippen LogP contribution in [0, 0.1) is 5.92 Å². The van der Waals surface area contributed by atoms with Gasteiger partial charge in [0, 0.05) is 6.42 Å². The van der Waals surface area contributed by atoms with Crippen LogP contribution in [-0.2, 0) is 0 Å². The lowest BCUT2D eigenvalue weighted by molar-refractivity contribution is 0.150. The summed E-state index contributed by atoms with van der Waals surface area (Å²) in [6, 6.07) is 5.70. The SMILES string of the molecule is CC(C)CC(O)c1ccc2c(c1)OCCCO2. The van der Waals surface area contributed by atoms with Gasteiger partial charge in [0.1, 0.15) is 0 Å². The van der Waals surface area contributed by atoms with Gasteiger partial charge in [-0.25, -0.2) is 0 Å². The molecule has 1 aromatic carbocycles. The first-order valence-electron chi connectivity index (χ1n) is 6.24. The molecule has 0 aliphatic carbocycles. The summed E-state index contributed by atoms with van der Waals surface area (Å²) in [4.78, 5) is 0. The van der Waals surface area contributed by atoms with E-state index in [2.05, 4.69) is 13.8 Å². The van der Waals surface area contributed by atoms with E-state index in [-0.39, 0.29) is 0 Å². The lowest BCUT2D eigenvalue weighted by atomic mass is 9.99. The van der Waals surface area contributed by atoms with Gasteiger partial charge in [0.15, 0.2) is 11.5 Å². The first kappa shape index (κ1) is 12.2. The van der Waals surface area contributed by atoms with Gasteiger partial charge in [0.25, 0.3) is 0 Å². The average molecular weight is 236 g/mol. The number of hydrogen-bond acceptors (Lipinski definition) is 3. The van der Waals surface area contributed by atoms with Crippen LogP contribution in [0.5, 0.6) is 11.5 Å². The summed E-state index contributed by atoms with van der Waals surface area (Å²) in [6.45, 7) is 5.58. The van der Waals surface area contributed by atoms with Crippen LogP contribution >= 0.6 is 0 Å². The Balaban J connectivity index is 2.17. The highest BCUT2D eigenvalue weighted by atomic mass is 16.5. The van der Waals surface area contributed by atoms with Crippen molar-refractivity contribution in [3.63, 3.8) is 0 Å². The minimum atomic E-state index is -0.424. The third-order valence-corrected chi connectivity index (χ3v) is 2.85. The Morgan fingerprint density at radius 1 is 1.18 bits per heavy atom. The molecule has 17 heavy (non-hydrogen) atoms. The second kappa shape index (κ2) is 5.41. The van der Waals surface area contributed by atoms with Crippen LogP contribution in [0.15, 0.2) is 18.2 Å². The van der Waals surface area contributed by atoms with Gasteiger partial charge in [0.2, 0.25) is 0 Å². The molecular formula is C14H20O3. The molecule has 1 heterocycles. The Kier molecular flexibility index (Phi) is 3.89. The number of benzene rings is 1. The summed E-state index contributed by atoms with van der Waals surface area (Å²) in [6.07, 6.45) is 1.24. The molecule has 2 rings (SSSR count). The number of aliphatic hydroxyl groups excluding tert-OH is 1. The summed E-state index contributed by atoms with van der Waals surface area (Å²) in [5, 5.41) is 10.1. The van der Waals surface area contributed by atoms with Crippen molar-refractivity contribution < 1.29 is 14.6 Å². The third-order valence-electron chi connectivity index (χ3n) is 2.85. The van der Waals surface area contributed by atoms with Crippen LogP contribution in [0.4, 0.5) is 0 Å². The zero-order valence-corrected chi connectivity index (χ0v) is 10.5. The fourth-order valence-corrected chi connectivity index (χ4v) is 1.97. The molecule has 0 amide bonds. The Morgan fingerprint density at radius 3 is 2.59 bits per heavy atom. The van der Waals surface area contributed by atoms with E-state index in [1.807, 2.05) is 18.2 Å². The zero-order valence-electron chi connectivity index (χ0n) is 10.5. The molecule has 0 spiro atoms. The highest BCUT2D eigenvalue weighted by Gasteiger charge is 2.15. The van der Waals surface area contributed by atoms with Crippen molar-refractivity contribution in [1.82, 2.24) is 0 Å². The van der Waals surface area contributed by atoms with Crippen molar-refractivity contribution in [2.24, 2.45) is 5.92 Å². The van der Waals surface area contributed by atoms with Gasteiger partial charge in [0.05, 0.1) is 19.3 Å². The van der Waals surface area contributed by atoms with E-state index in [1.165, 1.54) is 0 Å². The molecule has 0 bridgehead atoms. The summed E-state index contributed by atoms with van der Waals surface area (Å²) in [5.41, 5.74) is 0.906. The maximum atomic E-state index is 10.1. The first-order chi connectivity index (χ1) is 8.16. The quantitative estimate of drug-likeness (QED) is 0.877. The van der Waals surface area contributed by atoms with Crippen molar-refractivity contribution in [3.05, 3.63) is 23.8 Å². The monoisotopic (exact) mass is 236 g/mol. The van der Waals surface area contributed by atoms with Gasteiger partial charge in [-0.3, -0.25) is 0 Å². The number of ether oxygens (including phenoxy) is 2. The Labute approximate surface area is 102 Å². The standard InChI is InChI=1S/C14H20O3/c1-10(2)8-12(15)11-4-5-13-14(9-11)17-7-3-6-16-13/h4-5,9-10,12,15H,3,6-8H2,1-2H3. The molecule has 1 aliphatic rings. The van der Waals surface area contributed by atoms with E-state index >= 15 is 0 Å². The largest absolute Gasteiger partial charge is 0.490 e. The molecule has 1 N–H and O–H groups in total. The molecule has 0 fully saturated rings. The van der Waals surface area contributed by atoms with Gasteiger partial charge in [-0.15, -0.1) is 0 Å². The molecule has 1 aromatic rings. The topological polar surface area (TPSA) is 38.7 Å². The predicted octanol–water partition coefficient (Wildman–Crippen LogP) is 2.93. The normalized spacial score (nSPS) is 16.7. The number of rotatable bonds is 3.